The zero-order chi connectivity index (χ0) is 23.7. The highest BCUT2D eigenvalue weighted by Crippen LogP contribution is 2.26. The molecule has 0 aliphatic rings. The summed E-state index contributed by atoms with van der Waals surface area (Å²) < 4.78 is 47.0. The number of benzene rings is 2. The lowest BCUT2D eigenvalue weighted by molar-refractivity contribution is -0.133. The summed E-state index contributed by atoms with van der Waals surface area (Å²) in [6, 6.07) is 10.1. The number of halogens is 1. The van der Waals surface area contributed by atoms with Gasteiger partial charge in [-0.2, -0.15) is 4.31 Å². The molecule has 0 saturated heterocycles. The second kappa shape index (κ2) is 11.8. The molecule has 0 saturated carbocycles. The fourth-order valence-corrected chi connectivity index (χ4v) is 4.70. The molecular weight excluding hydrogens is 435 g/mol. The lowest BCUT2D eigenvalue weighted by atomic mass is 10.0. The van der Waals surface area contributed by atoms with E-state index in [1.807, 2.05) is 13.8 Å². The minimum atomic E-state index is -4.16. The molecule has 32 heavy (non-hydrogen) atoms. The number of carbonyl (C=O) groups excluding carboxylic acids is 1. The maximum Gasteiger partial charge on any atom is 0.261 e. The molecule has 0 aliphatic heterocycles. The summed E-state index contributed by atoms with van der Waals surface area (Å²) in [6.07, 6.45) is 2.54. The van der Waals surface area contributed by atoms with Gasteiger partial charge < -0.3 is 4.74 Å². The van der Waals surface area contributed by atoms with Crippen molar-refractivity contribution in [3.05, 3.63) is 72.6 Å². The molecule has 2 aromatic rings. The van der Waals surface area contributed by atoms with E-state index in [1.165, 1.54) is 48.5 Å². The van der Waals surface area contributed by atoms with Crippen LogP contribution < -0.4 is 10.2 Å². The van der Waals surface area contributed by atoms with Gasteiger partial charge in [0.15, 0.2) is 0 Å². The van der Waals surface area contributed by atoms with E-state index in [9.17, 15) is 22.8 Å². The van der Waals surface area contributed by atoms with Crippen LogP contribution in [0, 0.1) is 11.7 Å². The van der Waals surface area contributed by atoms with Gasteiger partial charge in [0.2, 0.25) is 10.0 Å². The standard InChI is InChI=1S/C23H29FN2O5S/c1-4-5-14-31-20-10-12-21(13-11-20)32(29,30)26(16-18-6-8-19(24)9-7-18)22(15-17(2)3)23(27)25-28/h4,6-13,17,22,28H,1,5,14-16H2,2-3H3,(H,25,27)/t22-/m1/s1. The smallest absolute Gasteiger partial charge is 0.261 e. The molecule has 7 nitrogen and oxygen atoms in total. The van der Waals surface area contributed by atoms with Crippen LogP contribution in [-0.4, -0.2) is 36.5 Å². The maximum atomic E-state index is 13.6. The number of nitrogens with one attached hydrogen (secondary N) is 1. The number of hydrogen-bond donors (Lipinski definition) is 2. The highest BCUT2D eigenvalue weighted by atomic mass is 32.2. The third-order valence-corrected chi connectivity index (χ3v) is 6.60. The number of ether oxygens (including phenoxy) is 1. The molecular formula is C23H29FN2O5S. The Balaban J connectivity index is 2.44. The molecule has 0 spiro atoms. The van der Waals surface area contributed by atoms with Crippen molar-refractivity contribution in [2.75, 3.05) is 6.61 Å². The van der Waals surface area contributed by atoms with Crippen LogP contribution in [0.4, 0.5) is 4.39 Å². The van der Waals surface area contributed by atoms with Crippen molar-refractivity contribution < 1.29 is 27.5 Å². The van der Waals surface area contributed by atoms with Gasteiger partial charge in [0.25, 0.3) is 5.91 Å². The third kappa shape index (κ3) is 6.88. The molecule has 0 aliphatic carbocycles. The van der Waals surface area contributed by atoms with Gasteiger partial charge in [-0.25, -0.2) is 18.3 Å². The van der Waals surface area contributed by atoms with Crippen LogP contribution in [-0.2, 0) is 21.4 Å². The van der Waals surface area contributed by atoms with Gasteiger partial charge in [-0.3, -0.25) is 10.0 Å². The Hall–Kier alpha value is -2.75. The minimum absolute atomic E-state index is 0.0322. The van der Waals surface area contributed by atoms with Gasteiger partial charge in [0, 0.05) is 6.54 Å². The predicted octanol–water partition coefficient (Wildman–Crippen LogP) is 3.89. The van der Waals surface area contributed by atoms with E-state index in [-0.39, 0.29) is 23.8 Å². The monoisotopic (exact) mass is 464 g/mol. The van der Waals surface area contributed by atoms with Crippen molar-refractivity contribution in [1.82, 2.24) is 9.79 Å². The van der Waals surface area contributed by atoms with E-state index in [4.69, 9.17) is 4.74 Å². The molecule has 1 atom stereocenters. The predicted molar refractivity (Wildman–Crippen MR) is 119 cm³/mol. The third-order valence-electron chi connectivity index (χ3n) is 4.73. The van der Waals surface area contributed by atoms with Gasteiger partial charge in [-0.15, -0.1) is 6.58 Å². The minimum Gasteiger partial charge on any atom is -0.493 e. The number of carbonyl (C=O) groups is 1. The molecule has 1 amide bonds. The molecule has 9 heteroatoms. The van der Waals surface area contributed by atoms with Gasteiger partial charge in [-0.05, 0) is 60.7 Å². The molecule has 2 rings (SSSR count). The first-order valence-electron chi connectivity index (χ1n) is 10.2. The Morgan fingerprint density at radius 3 is 2.34 bits per heavy atom. The first-order valence-corrected chi connectivity index (χ1v) is 11.7. The van der Waals surface area contributed by atoms with E-state index in [1.54, 1.807) is 11.6 Å². The Kier molecular flexibility index (Phi) is 9.37. The molecule has 0 radical (unpaired) electrons. The maximum absolute atomic E-state index is 13.6. The average Bonchev–Trinajstić information content (AvgIpc) is 2.77. The van der Waals surface area contributed by atoms with E-state index < -0.39 is 27.8 Å². The van der Waals surface area contributed by atoms with Crippen LogP contribution in [0.5, 0.6) is 5.75 Å². The molecule has 0 aromatic heterocycles. The van der Waals surface area contributed by atoms with Crippen LogP contribution >= 0.6 is 0 Å². The number of nitrogens with zero attached hydrogens (tertiary/aromatic N) is 1. The van der Waals surface area contributed by atoms with Crippen molar-refractivity contribution in [2.24, 2.45) is 5.92 Å². The van der Waals surface area contributed by atoms with Gasteiger partial charge in [0.05, 0.1) is 11.5 Å². The number of sulfonamides is 1. The number of amides is 1. The Morgan fingerprint density at radius 2 is 1.81 bits per heavy atom. The van der Waals surface area contributed by atoms with Crippen molar-refractivity contribution in [3.63, 3.8) is 0 Å². The van der Waals surface area contributed by atoms with Crippen molar-refractivity contribution in [3.8, 4) is 5.75 Å². The van der Waals surface area contributed by atoms with E-state index >= 15 is 0 Å². The Bertz CT molecular complexity index is 992. The van der Waals surface area contributed by atoms with E-state index in [0.717, 1.165) is 4.31 Å². The van der Waals surface area contributed by atoms with E-state index in [0.29, 0.717) is 24.3 Å². The van der Waals surface area contributed by atoms with Gasteiger partial charge in [0.1, 0.15) is 17.6 Å². The number of hydrogen-bond acceptors (Lipinski definition) is 5. The summed E-state index contributed by atoms with van der Waals surface area (Å²) in [5.74, 6) is -0.831. The van der Waals surface area contributed by atoms with E-state index in [2.05, 4.69) is 6.58 Å². The molecule has 0 fully saturated rings. The van der Waals surface area contributed by atoms with Crippen LogP contribution in [0.25, 0.3) is 0 Å². The largest absolute Gasteiger partial charge is 0.493 e. The molecule has 0 heterocycles. The van der Waals surface area contributed by atoms with Crippen LogP contribution in [0.3, 0.4) is 0 Å². The van der Waals surface area contributed by atoms with Crippen molar-refractivity contribution in [1.29, 1.82) is 0 Å². The summed E-state index contributed by atoms with van der Waals surface area (Å²) in [5, 5.41) is 9.25. The van der Waals surface area contributed by atoms with Gasteiger partial charge >= 0.3 is 0 Å². The fourth-order valence-electron chi connectivity index (χ4n) is 3.11. The molecule has 174 valence electrons. The molecule has 0 unspecified atom stereocenters. The lowest BCUT2D eigenvalue weighted by Crippen LogP contribution is -2.49. The highest BCUT2D eigenvalue weighted by Gasteiger charge is 2.36. The van der Waals surface area contributed by atoms with Crippen molar-refractivity contribution >= 4 is 15.9 Å². The Morgan fingerprint density at radius 1 is 1.19 bits per heavy atom. The SMILES string of the molecule is C=CCCOc1ccc(S(=O)(=O)N(Cc2ccc(F)cc2)[C@H](CC(C)C)C(=O)NO)cc1. The molecule has 2 aromatic carbocycles. The van der Waals surface area contributed by atoms with Crippen LogP contribution in [0.1, 0.15) is 32.3 Å². The van der Waals surface area contributed by atoms with Crippen LogP contribution in [0.2, 0.25) is 0 Å². The number of rotatable bonds is 12. The molecule has 2 N–H and O–H groups in total. The summed E-state index contributed by atoms with van der Waals surface area (Å²) in [5.41, 5.74) is 2.07. The zero-order valence-corrected chi connectivity index (χ0v) is 19.0. The number of hydroxylamine groups is 1. The first kappa shape index (κ1) is 25.5. The van der Waals surface area contributed by atoms with Crippen LogP contribution in [0.15, 0.2) is 66.1 Å². The van der Waals surface area contributed by atoms with Crippen molar-refractivity contribution in [2.45, 2.75) is 44.2 Å². The quantitative estimate of drug-likeness (QED) is 0.215. The summed E-state index contributed by atoms with van der Waals surface area (Å²) in [7, 11) is -4.16. The lowest BCUT2D eigenvalue weighted by Gasteiger charge is -2.30. The summed E-state index contributed by atoms with van der Waals surface area (Å²) in [4.78, 5) is 12.4. The van der Waals surface area contributed by atoms with Gasteiger partial charge in [-0.1, -0.05) is 32.1 Å². The first-order chi connectivity index (χ1) is 15.2. The topological polar surface area (TPSA) is 95.9 Å². The zero-order valence-electron chi connectivity index (χ0n) is 18.2. The molecule has 0 bridgehead atoms. The Labute approximate surface area is 188 Å². The summed E-state index contributed by atoms with van der Waals surface area (Å²) >= 11 is 0. The second-order valence-electron chi connectivity index (χ2n) is 7.70. The fraction of sp³-hybridized carbons (Fsp3) is 0.348. The average molecular weight is 465 g/mol. The normalized spacial score (nSPS) is 12.6. The highest BCUT2D eigenvalue weighted by molar-refractivity contribution is 7.89. The summed E-state index contributed by atoms with van der Waals surface area (Å²) in [6.45, 7) is 7.55. The second-order valence-corrected chi connectivity index (χ2v) is 9.59.